The number of hydrogen-bond donors (Lipinski definition) is 1. The Bertz CT molecular complexity index is 774. The number of hydrogen-bond acceptors (Lipinski definition) is 3. The highest BCUT2D eigenvalue weighted by Gasteiger charge is 2.13. The molecule has 3 rings (SSSR count). The summed E-state index contributed by atoms with van der Waals surface area (Å²) in [5.74, 6) is 1.09. The zero-order chi connectivity index (χ0) is 14.8. The smallest absolute Gasteiger partial charge is 0.134 e. The van der Waals surface area contributed by atoms with Crippen molar-refractivity contribution in [3.8, 4) is 0 Å². The molecule has 0 radical (unpaired) electrons. The Morgan fingerprint density at radius 3 is 2.81 bits per heavy atom. The fourth-order valence-electron chi connectivity index (χ4n) is 2.04. The van der Waals surface area contributed by atoms with Crippen molar-refractivity contribution in [1.82, 2.24) is 0 Å². The highest BCUT2D eigenvalue weighted by Crippen LogP contribution is 2.31. The van der Waals surface area contributed by atoms with Crippen LogP contribution in [0.3, 0.4) is 0 Å². The van der Waals surface area contributed by atoms with Crippen LogP contribution < -0.4 is 5.73 Å². The van der Waals surface area contributed by atoms with Gasteiger partial charge >= 0.3 is 0 Å². The second-order valence-corrected chi connectivity index (χ2v) is 6.60. The molecule has 0 bridgehead atoms. The third-order valence-corrected chi connectivity index (χ3v) is 5.26. The third-order valence-electron chi connectivity index (χ3n) is 3.12. The Morgan fingerprint density at radius 1 is 1.19 bits per heavy atom. The van der Waals surface area contributed by atoms with Crippen LogP contribution in [-0.2, 0) is 0 Å². The van der Waals surface area contributed by atoms with Gasteiger partial charge in [0.05, 0.1) is 6.04 Å². The van der Waals surface area contributed by atoms with E-state index >= 15 is 0 Å². The Kier molecular flexibility index (Phi) is 4.33. The molecule has 5 heteroatoms. The summed E-state index contributed by atoms with van der Waals surface area (Å²) < 4.78 is 19.9. The van der Waals surface area contributed by atoms with Crippen molar-refractivity contribution in [3.63, 3.8) is 0 Å². The number of furan rings is 1. The monoisotopic (exact) mass is 365 g/mol. The summed E-state index contributed by atoms with van der Waals surface area (Å²) >= 11 is 5.17. The number of halogens is 2. The molecule has 0 amide bonds. The van der Waals surface area contributed by atoms with Crippen molar-refractivity contribution >= 4 is 38.7 Å². The number of benzene rings is 2. The fourth-order valence-corrected chi connectivity index (χ4v) is 3.57. The number of nitrogens with two attached hydrogens (primary N) is 1. The van der Waals surface area contributed by atoms with Crippen LogP contribution in [0.1, 0.15) is 11.8 Å². The van der Waals surface area contributed by atoms with Crippen molar-refractivity contribution in [2.45, 2.75) is 10.9 Å². The minimum absolute atomic E-state index is 0.238. The number of rotatable bonds is 4. The SMILES string of the molecule is NC(CSc1ccccc1Br)c1cc2cc(F)ccc2o1. The van der Waals surface area contributed by atoms with Crippen molar-refractivity contribution in [3.05, 3.63) is 64.6 Å². The molecule has 0 aliphatic carbocycles. The molecular weight excluding hydrogens is 353 g/mol. The molecule has 108 valence electrons. The Labute approximate surface area is 134 Å². The Balaban J connectivity index is 1.75. The van der Waals surface area contributed by atoms with E-state index in [-0.39, 0.29) is 11.9 Å². The third kappa shape index (κ3) is 3.31. The first-order valence-corrected chi connectivity index (χ1v) is 8.23. The molecule has 3 aromatic rings. The van der Waals surface area contributed by atoms with Gasteiger partial charge in [-0.1, -0.05) is 12.1 Å². The lowest BCUT2D eigenvalue weighted by Gasteiger charge is -2.09. The van der Waals surface area contributed by atoms with Gasteiger partial charge in [-0.15, -0.1) is 11.8 Å². The average molecular weight is 366 g/mol. The predicted molar refractivity (Wildman–Crippen MR) is 88.0 cm³/mol. The quantitative estimate of drug-likeness (QED) is 0.651. The fraction of sp³-hybridized carbons (Fsp3) is 0.125. The van der Waals surface area contributed by atoms with E-state index in [2.05, 4.69) is 15.9 Å². The van der Waals surface area contributed by atoms with E-state index in [0.29, 0.717) is 17.1 Å². The molecular formula is C16H13BrFNOS. The van der Waals surface area contributed by atoms with Crippen LogP contribution in [0.2, 0.25) is 0 Å². The first-order valence-electron chi connectivity index (χ1n) is 6.45. The molecule has 2 aromatic carbocycles. The summed E-state index contributed by atoms with van der Waals surface area (Å²) in [5.41, 5.74) is 6.83. The van der Waals surface area contributed by atoms with E-state index in [1.54, 1.807) is 17.8 Å². The van der Waals surface area contributed by atoms with E-state index in [4.69, 9.17) is 10.2 Å². The van der Waals surface area contributed by atoms with Crippen molar-refractivity contribution in [2.75, 3.05) is 5.75 Å². The van der Waals surface area contributed by atoms with Crippen LogP contribution in [0, 0.1) is 5.82 Å². The zero-order valence-electron chi connectivity index (χ0n) is 11.1. The van der Waals surface area contributed by atoms with Crippen LogP contribution >= 0.6 is 27.7 Å². The van der Waals surface area contributed by atoms with Crippen molar-refractivity contribution in [1.29, 1.82) is 0 Å². The predicted octanol–water partition coefficient (Wildman–Crippen LogP) is 5.13. The summed E-state index contributed by atoms with van der Waals surface area (Å²) in [6.45, 7) is 0. The van der Waals surface area contributed by atoms with Crippen LogP contribution in [0.15, 0.2) is 62.3 Å². The first kappa shape index (κ1) is 14.6. The Hall–Kier alpha value is -1.30. The summed E-state index contributed by atoms with van der Waals surface area (Å²) in [6.07, 6.45) is 0. The van der Waals surface area contributed by atoms with Gasteiger partial charge in [0.1, 0.15) is 17.2 Å². The van der Waals surface area contributed by atoms with E-state index in [1.807, 2.05) is 30.3 Å². The maximum Gasteiger partial charge on any atom is 0.134 e. The van der Waals surface area contributed by atoms with Gasteiger partial charge < -0.3 is 10.2 Å². The molecule has 2 nitrogen and oxygen atoms in total. The molecule has 0 saturated heterocycles. The zero-order valence-corrected chi connectivity index (χ0v) is 13.5. The lowest BCUT2D eigenvalue weighted by Crippen LogP contribution is -2.11. The van der Waals surface area contributed by atoms with Gasteiger partial charge in [-0.3, -0.25) is 0 Å². The summed E-state index contributed by atoms with van der Waals surface area (Å²) in [5, 5.41) is 0.742. The topological polar surface area (TPSA) is 39.2 Å². The highest BCUT2D eigenvalue weighted by atomic mass is 79.9. The van der Waals surface area contributed by atoms with Gasteiger partial charge in [0, 0.05) is 20.5 Å². The van der Waals surface area contributed by atoms with Crippen molar-refractivity contribution < 1.29 is 8.81 Å². The molecule has 0 aliphatic heterocycles. The number of fused-ring (bicyclic) bond motifs is 1. The highest BCUT2D eigenvalue weighted by molar-refractivity contribution is 9.10. The van der Waals surface area contributed by atoms with Gasteiger partial charge in [-0.25, -0.2) is 4.39 Å². The minimum Gasteiger partial charge on any atom is -0.459 e. The van der Waals surface area contributed by atoms with E-state index < -0.39 is 0 Å². The molecule has 0 saturated carbocycles. The molecule has 0 spiro atoms. The largest absolute Gasteiger partial charge is 0.459 e. The van der Waals surface area contributed by atoms with E-state index in [9.17, 15) is 4.39 Å². The maximum absolute atomic E-state index is 13.2. The van der Waals surface area contributed by atoms with Gasteiger partial charge in [0.25, 0.3) is 0 Å². The van der Waals surface area contributed by atoms with Crippen LogP contribution in [0.25, 0.3) is 11.0 Å². The lowest BCUT2D eigenvalue weighted by atomic mass is 10.2. The van der Waals surface area contributed by atoms with Crippen molar-refractivity contribution in [2.24, 2.45) is 5.73 Å². The minimum atomic E-state index is -0.272. The van der Waals surface area contributed by atoms with Gasteiger partial charge in [0.2, 0.25) is 0 Å². The van der Waals surface area contributed by atoms with Crippen LogP contribution in [0.4, 0.5) is 4.39 Å². The Morgan fingerprint density at radius 2 is 2.00 bits per heavy atom. The molecule has 0 aliphatic rings. The summed E-state index contributed by atoms with van der Waals surface area (Å²) in [6, 6.07) is 14.0. The summed E-state index contributed by atoms with van der Waals surface area (Å²) in [7, 11) is 0. The van der Waals surface area contributed by atoms with E-state index in [1.165, 1.54) is 12.1 Å². The average Bonchev–Trinajstić information content (AvgIpc) is 2.89. The summed E-state index contributed by atoms with van der Waals surface area (Å²) in [4.78, 5) is 1.13. The molecule has 2 N–H and O–H groups in total. The van der Waals surface area contributed by atoms with Gasteiger partial charge in [0.15, 0.2) is 0 Å². The molecule has 1 atom stereocenters. The maximum atomic E-state index is 13.2. The van der Waals surface area contributed by atoms with Crippen LogP contribution in [0.5, 0.6) is 0 Å². The lowest BCUT2D eigenvalue weighted by molar-refractivity contribution is 0.515. The molecule has 0 fully saturated rings. The second kappa shape index (κ2) is 6.22. The van der Waals surface area contributed by atoms with E-state index in [0.717, 1.165) is 14.8 Å². The normalized spacial score (nSPS) is 12.7. The molecule has 1 aromatic heterocycles. The molecule has 1 heterocycles. The molecule has 21 heavy (non-hydrogen) atoms. The van der Waals surface area contributed by atoms with Crippen LogP contribution in [-0.4, -0.2) is 5.75 Å². The standard InChI is InChI=1S/C16H13BrFNOS/c17-12-3-1-2-4-16(12)21-9-13(19)15-8-10-7-11(18)5-6-14(10)20-15/h1-8,13H,9,19H2. The first-order chi connectivity index (χ1) is 10.1. The van der Waals surface area contributed by atoms with Gasteiger partial charge in [-0.05, 0) is 52.3 Å². The van der Waals surface area contributed by atoms with Gasteiger partial charge in [-0.2, -0.15) is 0 Å². The molecule has 1 unspecified atom stereocenters. The number of thioether (sulfide) groups is 1. The second-order valence-electron chi connectivity index (χ2n) is 4.68.